The lowest BCUT2D eigenvalue weighted by atomic mass is 10.3. The van der Waals surface area contributed by atoms with Gasteiger partial charge in [-0.15, -0.1) is 0 Å². The quantitative estimate of drug-likeness (QED) is 0.616. The summed E-state index contributed by atoms with van der Waals surface area (Å²) in [5, 5.41) is 0. The van der Waals surface area contributed by atoms with Crippen molar-refractivity contribution < 1.29 is 14.2 Å². The van der Waals surface area contributed by atoms with Crippen LogP contribution in [0.15, 0.2) is 0 Å². The van der Waals surface area contributed by atoms with E-state index >= 15 is 0 Å². The number of hydrogen-bond donors (Lipinski definition) is 1. The third-order valence-corrected chi connectivity index (χ3v) is 1.51. The van der Waals surface area contributed by atoms with E-state index in [2.05, 4.69) is 0 Å². The minimum atomic E-state index is -0.262. The van der Waals surface area contributed by atoms with Gasteiger partial charge in [-0.2, -0.15) is 0 Å². The Balaban J connectivity index is 2.12. The number of ether oxygens (including phenoxy) is 3. The van der Waals surface area contributed by atoms with Crippen LogP contribution in [0.5, 0.6) is 0 Å². The highest BCUT2D eigenvalue weighted by molar-refractivity contribution is 4.67. The molecular formula is C7H15NO3. The van der Waals surface area contributed by atoms with E-state index < -0.39 is 0 Å². The second kappa shape index (κ2) is 4.66. The van der Waals surface area contributed by atoms with Crippen molar-refractivity contribution in [3.63, 3.8) is 0 Å². The van der Waals surface area contributed by atoms with Crippen LogP contribution in [0.1, 0.15) is 6.92 Å². The largest absolute Gasteiger partial charge is 0.380 e. The number of rotatable bonds is 4. The van der Waals surface area contributed by atoms with E-state index in [0.29, 0.717) is 26.4 Å². The molecule has 0 amide bonds. The van der Waals surface area contributed by atoms with Gasteiger partial charge in [0.15, 0.2) is 6.29 Å². The van der Waals surface area contributed by atoms with Gasteiger partial charge in [0.1, 0.15) is 0 Å². The van der Waals surface area contributed by atoms with Gasteiger partial charge in [-0.3, -0.25) is 0 Å². The summed E-state index contributed by atoms with van der Waals surface area (Å²) in [7, 11) is 0. The predicted octanol–water partition coefficient (Wildman–Crippen LogP) is -0.277. The van der Waals surface area contributed by atoms with E-state index in [1.807, 2.05) is 6.92 Å². The van der Waals surface area contributed by atoms with E-state index in [1.54, 1.807) is 0 Å². The zero-order valence-electron chi connectivity index (χ0n) is 6.79. The maximum atomic E-state index is 5.69. The second-order valence-corrected chi connectivity index (χ2v) is 2.43. The molecule has 0 saturated carbocycles. The highest BCUT2D eigenvalue weighted by atomic mass is 16.7. The molecule has 1 aliphatic rings. The van der Waals surface area contributed by atoms with Crippen LogP contribution in [0.4, 0.5) is 0 Å². The molecule has 0 aromatic carbocycles. The van der Waals surface area contributed by atoms with Crippen molar-refractivity contribution in [1.29, 1.82) is 0 Å². The highest BCUT2D eigenvalue weighted by Gasteiger charge is 2.23. The van der Waals surface area contributed by atoms with Gasteiger partial charge in [-0.25, -0.2) is 0 Å². The Morgan fingerprint density at radius 2 is 2.18 bits per heavy atom. The summed E-state index contributed by atoms with van der Waals surface area (Å²) in [4.78, 5) is 0. The second-order valence-electron chi connectivity index (χ2n) is 2.43. The lowest BCUT2D eigenvalue weighted by Gasteiger charge is -2.16. The predicted molar refractivity (Wildman–Crippen MR) is 40.2 cm³/mol. The van der Waals surface area contributed by atoms with Gasteiger partial charge in [0.25, 0.3) is 0 Å². The molecule has 1 heterocycles. The van der Waals surface area contributed by atoms with E-state index in [1.165, 1.54) is 0 Å². The smallest absolute Gasteiger partial charge is 0.174 e. The van der Waals surface area contributed by atoms with Crippen molar-refractivity contribution in [2.45, 2.75) is 19.3 Å². The highest BCUT2D eigenvalue weighted by Crippen LogP contribution is 2.06. The van der Waals surface area contributed by atoms with Crippen molar-refractivity contribution in [2.24, 2.45) is 5.73 Å². The van der Waals surface area contributed by atoms with E-state index in [9.17, 15) is 0 Å². The normalized spacial score (nSPS) is 22.4. The zero-order valence-corrected chi connectivity index (χ0v) is 6.79. The molecule has 1 unspecified atom stereocenters. The third-order valence-electron chi connectivity index (χ3n) is 1.51. The minimum Gasteiger partial charge on any atom is -0.380 e. The first-order valence-electron chi connectivity index (χ1n) is 3.91. The van der Waals surface area contributed by atoms with E-state index in [0.717, 1.165) is 0 Å². The fraction of sp³-hybridized carbons (Fsp3) is 1.00. The van der Waals surface area contributed by atoms with Crippen LogP contribution >= 0.6 is 0 Å². The molecule has 4 heteroatoms. The van der Waals surface area contributed by atoms with Crippen molar-refractivity contribution >= 4 is 0 Å². The average molecular weight is 161 g/mol. The summed E-state index contributed by atoms with van der Waals surface area (Å²) < 4.78 is 15.5. The molecule has 66 valence electrons. The topological polar surface area (TPSA) is 53.7 Å². The minimum absolute atomic E-state index is 0.155. The summed E-state index contributed by atoms with van der Waals surface area (Å²) in [5.41, 5.74) is 5.69. The maximum Gasteiger partial charge on any atom is 0.174 e. The molecule has 1 saturated heterocycles. The fourth-order valence-electron chi connectivity index (χ4n) is 0.956. The molecule has 2 N–H and O–H groups in total. The van der Waals surface area contributed by atoms with Crippen molar-refractivity contribution in [3.05, 3.63) is 0 Å². The Kier molecular flexibility index (Phi) is 3.79. The summed E-state index contributed by atoms with van der Waals surface area (Å²) in [6.45, 7) is 4.40. The zero-order chi connectivity index (χ0) is 8.10. The fourth-order valence-corrected chi connectivity index (χ4v) is 0.956. The van der Waals surface area contributed by atoms with Crippen molar-refractivity contribution in [1.82, 2.24) is 0 Å². The molecule has 0 aliphatic carbocycles. The molecule has 0 bridgehead atoms. The van der Waals surface area contributed by atoms with Gasteiger partial charge in [0.2, 0.25) is 0 Å². The third kappa shape index (κ3) is 2.75. The molecule has 1 atom stereocenters. The van der Waals surface area contributed by atoms with Crippen LogP contribution in [-0.4, -0.2) is 38.8 Å². The first-order chi connectivity index (χ1) is 5.34. The van der Waals surface area contributed by atoms with E-state index in [4.69, 9.17) is 19.9 Å². The molecule has 1 fully saturated rings. The summed E-state index contributed by atoms with van der Waals surface area (Å²) in [5.74, 6) is 0. The Morgan fingerprint density at radius 3 is 2.73 bits per heavy atom. The van der Waals surface area contributed by atoms with Crippen LogP contribution in [0.3, 0.4) is 0 Å². The summed E-state index contributed by atoms with van der Waals surface area (Å²) >= 11 is 0. The van der Waals surface area contributed by atoms with Crippen molar-refractivity contribution in [3.8, 4) is 0 Å². The van der Waals surface area contributed by atoms with Gasteiger partial charge in [-0.05, 0) is 6.92 Å². The lowest BCUT2D eigenvalue weighted by molar-refractivity contribution is -0.0749. The van der Waals surface area contributed by atoms with Gasteiger partial charge >= 0.3 is 0 Å². The van der Waals surface area contributed by atoms with Crippen LogP contribution in [-0.2, 0) is 14.2 Å². The van der Waals surface area contributed by atoms with Crippen LogP contribution in [0, 0.1) is 0 Å². The van der Waals surface area contributed by atoms with E-state index in [-0.39, 0.29) is 12.3 Å². The lowest BCUT2D eigenvalue weighted by Crippen LogP contribution is -2.39. The van der Waals surface area contributed by atoms with Crippen LogP contribution in [0.25, 0.3) is 0 Å². The Morgan fingerprint density at radius 1 is 1.55 bits per heavy atom. The standard InChI is InChI=1S/C7H15NO3/c1-2-9-5-6(8)7-10-3-4-11-7/h6-7H,2-5,8H2,1H3. The van der Waals surface area contributed by atoms with Gasteiger partial charge < -0.3 is 19.9 Å². The molecule has 1 rings (SSSR count). The maximum absolute atomic E-state index is 5.69. The average Bonchev–Trinajstić information content (AvgIpc) is 2.52. The van der Waals surface area contributed by atoms with Gasteiger partial charge in [-0.1, -0.05) is 0 Å². The van der Waals surface area contributed by atoms with Crippen LogP contribution < -0.4 is 5.73 Å². The molecule has 0 aromatic heterocycles. The summed E-state index contributed by atoms with van der Waals surface area (Å²) in [6, 6.07) is -0.155. The first-order valence-corrected chi connectivity index (χ1v) is 3.91. The van der Waals surface area contributed by atoms with Crippen LogP contribution in [0.2, 0.25) is 0 Å². The molecule has 0 aromatic rings. The SMILES string of the molecule is CCOCC(N)C1OCCO1. The Labute approximate surface area is 66.6 Å². The van der Waals surface area contributed by atoms with Gasteiger partial charge in [0.05, 0.1) is 25.9 Å². The molecule has 11 heavy (non-hydrogen) atoms. The monoisotopic (exact) mass is 161 g/mol. The number of hydrogen-bond acceptors (Lipinski definition) is 4. The van der Waals surface area contributed by atoms with Crippen molar-refractivity contribution in [2.75, 3.05) is 26.4 Å². The summed E-state index contributed by atoms with van der Waals surface area (Å²) in [6.07, 6.45) is -0.262. The Hall–Kier alpha value is -0.160. The molecular weight excluding hydrogens is 146 g/mol. The molecule has 1 aliphatic heterocycles. The number of nitrogens with two attached hydrogens (primary N) is 1. The van der Waals surface area contributed by atoms with Gasteiger partial charge in [0, 0.05) is 6.61 Å². The molecule has 4 nitrogen and oxygen atoms in total. The molecule has 0 radical (unpaired) electrons. The molecule has 0 spiro atoms. The first kappa shape index (κ1) is 8.93. The Bertz CT molecular complexity index is 104.